The van der Waals surface area contributed by atoms with Crippen LogP contribution in [0.5, 0.6) is 0 Å². The quantitative estimate of drug-likeness (QED) is 0.801. The molecule has 20 heavy (non-hydrogen) atoms. The molecule has 0 saturated heterocycles. The second-order valence-corrected chi connectivity index (χ2v) is 6.27. The molecule has 0 aliphatic heterocycles. The summed E-state index contributed by atoms with van der Waals surface area (Å²) in [7, 11) is 1.79. The fourth-order valence-electron chi connectivity index (χ4n) is 1.99. The SMILES string of the molecule is Cc1nn(C)c2ncc(C(=O)O)c(Sc3nccs3)c12. The van der Waals surface area contributed by atoms with Crippen molar-refractivity contribution < 1.29 is 9.90 Å². The van der Waals surface area contributed by atoms with Gasteiger partial charge in [-0.3, -0.25) is 4.68 Å². The maximum Gasteiger partial charge on any atom is 0.338 e. The van der Waals surface area contributed by atoms with Crippen LogP contribution in [0.4, 0.5) is 0 Å². The third-order valence-corrected chi connectivity index (χ3v) is 4.82. The Hall–Kier alpha value is -1.93. The third-order valence-electron chi connectivity index (χ3n) is 2.81. The van der Waals surface area contributed by atoms with E-state index in [9.17, 15) is 9.90 Å². The zero-order valence-electron chi connectivity index (χ0n) is 10.7. The van der Waals surface area contributed by atoms with Crippen LogP contribution < -0.4 is 0 Å². The van der Waals surface area contributed by atoms with Crippen molar-refractivity contribution in [1.29, 1.82) is 0 Å². The minimum atomic E-state index is -0.998. The predicted octanol–water partition coefficient (Wildman–Crippen LogP) is 2.58. The first-order valence-electron chi connectivity index (χ1n) is 5.71. The Morgan fingerprint density at radius 2 is 2.25 bits per heavy atom. The average molecular weight is 306 g/mol. The van der Waals surface area contributed by atoms with Crippen LogP contribution in [0, 0.1) is 6.92 Å². The molecule has 0 fully saturated rings. The molecule has 8 heteroatoms. The molecule has 0 unspecified atom stereocenters. The van der Waals surface area contributed by atoms with Crippen molar-refractivity contribution in [3.05, 3.63) is 29.0 Å². The zero-order chi connectivity index (χ0) is 14.3. The third kappa shape index (κ3) is 2.06. The Morgan fingerprint density at radius 1 is 1.45 bits per heavy atom. The number of fused-ring (bicyclic) bond motifs is 1. The van der Waals surface area contributed by atoms with Gasteiger partial charge in [-0.05, 0) is 6.92 Å². The van der Waals surface area contributed by atoms with E-state index in [0.29, 0.717) is 10.5 Å². The summed E-state index contributed by atoms with van der Waals surface area (Å²) in [6.45, 7) is 1.85. The van der Waals surface area contributed by atoms with Gasteiger partial charge in [-0.25, -0.2) is 14.8 Å². The van der Waals surface area contributed by atoms with Gasteiger partial charge in [0.1, 0.15) is 0 Å². The number of nitrogens with zero attached hydrogens (tertiary/aromatic N) is 4. The molecule has 0 aliphatic carbocycles. The summed E-state index contributed by atoms with van der Waals surface area (Å²) < 4.78 is 2.45. The molecule has 0 radical (unpaired) electrons. The number of thiazole rings is 1. The molecule has 0 saturated carbocycles. The summed E-state index contributed by atoms with van der Waals surface area (Å²) >= 11 is 2.81. The van der Waals surface area contributed by atoms with E-state index in [0.717, 1.165) is 15.4 Å². The Kier molecular flexibility index (Phi) is 3.19. The molecule has 3 aromatic rings. The van der Waals surface area contributed by atoms with E-state index in [4.69, 9.17) is 0 Å². The molecule has 0 aromatic carbocycles. The van der Waals surface area contributed by atoms with Crippen LogP contribution in [0.25, 0.3) is 11.0 Å². The van der Waals surface area contributed by atoms with Crippen LogP contribution in [0.2, 0.25) is 0 Å². The van der Waals surface area contributed by atoms with Crippen LogP contribution in [0.3, 0.4) is 0 Å². The van der Waals surface area contributed by atoms with Crippen molar-refractivity contribution in [1.82, 2.24) is 19.7 Å². The fraction of sp³-hybridized carbons (Fsp3) is 0.167. The first-order valence-corrected chi connectivity index (χ1v) is 7.40. The number of carboxylic acids is 1. The van der Waals surface area contributed by atoms with Gasteiger partial charge in [-0.15, -0.1) is 11.3 Å². The van der Waals surface area contributed by atoms with Gasteiger partial charge in [-0.1, -0.05) is 11.8 Å². The van der Waals surface area contributed by atoms with Crippen molar-refractivity contribution in [2.24, 2.45) is 7.05 Å². The summed E-state index contributed by atoms with van der Waals surface area (Å²) in [6.07, 6.45) is 3.07. The maximum absolute atomic E-state index is 11.4. The summed E-state index contributed by atoms with van der Waals surface area (Å²) in [5.74, 6) is -0.998. The Balaban J connectivity index is 2.29. The predicted molar refractivity (Wildman–Crippen MR) is 76.4 cm³/mol. The minimum absolute atomic E-state index is 0.175. The number of hydrogen-bond acceptors (Lipinski definition) is 6. The highest BCUT2D eigenvalue weighted by Crippen LogP contribution is 2.37. The van der Waals surface area contributed by atoms with Gasteiger partial charge >= 0.3 is 5.97 Å². The number of carboxylic acid groups (broad SMARTS) is 1. The van der Waals surface area contributed by atoms with Gasteiger partial charge < -0.3 is 5.11 Å². The first kappa shape index (κ1) is 13.1. The molecule has 0 bridgehead atoms. The van der Waals surface area contributed by atoms with E-state index in [2.05, 4.69) is 15.1 Å². The average Bonchev–Trinajstić information content (AvgIpc) is 2.99. The number of aromatic nitrogens is 4. The summed E-state index contributed by atoms with van der Waals surface area (Å²) in [5.41, 5.74) is 1.61. The monoisotopic (exact) mass is 306 g/mol. The van der Waals surface area contributed by atoms with Crippen molar-refractivity contribution in [2.45, 2.75) is 16.2 Å². The van der Waals surface area contributed by atoms with Gasteiger partial charge in [0.2, 0.25) is 0 Å². The molecule has 102 valence electrons. The molecule has 3 aromatic heterocycles. The van der Waals surface area contributed by atoms with Crippen LogP contribution in [0.1, 0.15) is 16.1 Å². The zero-order valence-corrected chi connectivity index (χ0v) is 12.3. The van der Waals surface area contributed by atoms with E-state index >= 15 is 0 Å². The number of aromatic carboxylic acids is 1. The van der Waals surface area contributed by atoms with Crippen LogP contribution in [-0.4, -0.2) is 30.8 Å². The van der Waals surface area contributed by atoms with Gasteiger partial charge in [-0.2, -0.15) is 5.10 Å². The van der Waals surface area contributed by atoms with Crippen LogP contribution in [0.15, 0.2) is 27.0 Å². The lowest BCUT2D eigenvalue weighted by Gasteiger charge is -2.05. The first-order chi connectivity index (χ1) is 9.58. The number of aryl methyl sites for hydroxylation is 2. The number of hydrogen-bond donors (Lipinski definition) is 1. The lowest BCUT2D eigenvalue weighted by molar-refractivity contribution is 0.0693. The molecule has 0 atom stereocenters. The molecular weight excluding hydrogens is 296 g/mol. The van der Waals surface area contributed by atoms with Crippen molar-refractivity contribution in [3.63, 3.8) is 0 Å². The van der Waals surface area contributed by atoms with Gasteiger partial charge in [0.25, 0.3) is 0 Å². The molecule has 0 amide bonds. The van der Waals surface area contributed by atoms with E-state index in [1.165, 1.54) is 29.3 Å². The molecule has 0 spiro atoms. The van der Waals surface area contributed by atoms with Crippen molar-refractivity contribution >= 4 is 40.1 Å². The molecule has 0 aliphatic rings. The maximum atomic E-state index is 11.4. The Morgan fingerprint density at radius 3 is 2.90 bits per heavy atom. The van der Waals surface area contributed by atoms with E-state index in [1.807, 2.05) is 12.3 Å². The Labute approximate surface area is 122 Å². The molecule has 6 nitrogen and oxygen atoms in total. The van der Waals surface area contributed by atoms with Gasteiger partial charge in [0.15, 0.2) is 9.99 Å². The van der Waals surface area contributed by atoms with E-state index in [-0.39, 0.29) is 5.56 Å². The second-order valence-electron chi connectivity index (χ2n) is 4.11. The summed E-state index contributed by atoms with van der Waals surface area (Å²) in [4.78, 5) is 20.5. The van der Waals surface area contributed by atoms with E-state index in [1.54, 1.807) is 17.9 Å². The topological polar surface area (TPSA) is 80.9 Å². The number of rotatable bonds is 3. The van der Waals surface area contributed by atoms with E-state index < -0.39 is 5.97 Å². The highest BCUT2D eigenvalue weighted by molar-refractivity contribution is 8.01. The van der Waals surface area contributed by atoms with Crippen LogP contribution >= 0.6 is 23.1 Å². The minimum Gasteiger partial charge on any atom is -0.478 e. The molecule has 3 rings (SSSR count). The van der Waals surface area contributed by atoms with Gasteiger partial charge in [0, 0.05) is 29.7 Å². The number of carbonyl (C=O) groups is 1. The summed E-state index contributed by atoms with van der Waals surface area (Å²) in [6, 6.07) is 0. The largest absolute Gasteiger partial charge is 0.478 e. The lowest BCUT2D eigenvalue weighted by atomic mass is 10.2. The van der Waals surface area contributed by atoms with Crippen molar-refractivity contribution in [3.8, 4) is 0 Å². The fourth-order valence-corrected chi connectivity index (χ4v) is 3.83. The standard InChI is InChI=1S/C12H10N4O2S2/c1-6-8-9(20-12-13-3-4-19-12)7(11(17)18)5-14-10(8)16(2)15-6/h3-5H,1-2H3,(H,17,18). The van der Waals surface area contributed by atoms with Crippen LogP contribution in [-0.2, 0) is 7.05 Å². The number of pyridine rings is 1. The molecule has 1 N–H and O–H groups in total. The second kappa shape index (κ2) is 4.88. The van der Waals surface area contributed by atoms with Crippen molar-refractivity contribution in [2.75, 3.05) is 0 Å². The highest BCUT2D eigenvalue weighted by Gasteiger charge is 2.20. The van der Waals surface area contributed by atoms with Gasteiger partial charge in [0.05, 0.1) is 16.6 Å². The molecule has 3 heterocycles. The highest BCUT2D eigenvalue weighted by atomic mass is 32.2. The smallest absolute Gasteiger partial charge is 0.338 e. The normalized spacial score (nSPS) is 11.1. The summed E-state index contributed by atoms with van der Waals surface area (Å²) in [5, 5.41) is 16.3. The Bertz CT molecular complexity index is 796. The molecular formula is C12H10N4O2S2. The lowest BCUT2D eigenvalue weighted by Crippen LogP contribution is -2.01.